The van der Waals surface area contributed by atoms with Gasteiger partial charge in [0.05, 0.1) is 33.7 Å². The van der Waals surface area contributed by atoms with Crippen LogP contribution >= 0.6 is 23.2 Å². The summed E-state index contributed by atoms with van der Waals surface area (Å²) in [5.74, 6) is -0.496. The number of alkyl halides is 3. The van der Waals surface area contributed by atoms with Crippen LogP contribution < -0.4 is 10.1 Å². The summed E-state index contributed by atoms with van der Waals surface area (Å²) >= 11 is 12.6. The smallest absolute Gasteiger partial charge is 0.416 e. The number of hydrogen-bond donors (Lipinski definition) is 2. The molecule has 0 aliphatic rings. The maximum Gasteiger partial charge on any atom is 0.416 e. The molecule has 13 heteroatoms. The topological polar surface area (TPSA) is 102 Å². The van der Waals surface area contributed by atoms with Crippen LogP contribution in [-0.2, 0) is 17.5 Å². The lowest BCUT2D eigenvalue weighted by atomic mass is 10.0. The van der Waals surface area contributed by atoms with E-state index in [0.29, 0.717) is 21.7 Å². The quantitative estimate of drug-likeness (QED) is 0.231. The first-order valence-electron chi connectivity index (χ1n) is 11.1. The molecule has 8 nitrogen and oxygen atoms in total. The standard InChI is InChI=1S/C24H21Cl2F3N4O4/c1-12(2)36-20-4-3-13(8-17(20)25)22-31-23(32-37-22)33-11-18(26)15-7-14(10-30-6-5-21(34)35)16(9-19(15)33)24(27,28)29/h3-4,7-9,11-12,30H,5-6,10H2,1-2H3,(H,34,35). The summed E-state index contributed by atoms with van der Waals surface area (Å²) in [6, 6.07) is 7.19. The number of benzene rings is 2. The summed E-state index contributed by atoms with van der Waals surface area (Å²) in [6.45, 7) is 3.55. The highest BCUT2D eigenvalue weighted by Gasteiger charge is 2.34. The minimum atomic E-state index is -4.67. The zero-order chi connectivity index (χ0) is 26.9. The molecular formula is C24H21Cl2F3N4O4. The largest absolute Gasteiger partial charge is 0.489 e. The van der Waals surface area contributed by atoms with Crippen LogP contribution in [-0.4, -0.2) is 38.4 Å². The van der Waals surface area contributed by atoms with Gasteiger partial charge >= 0.3 is 12.1 Å². The van der Waals surface area contributed by atoms with Crippen molar-refractivity contribution in [3.63, 3.8) is 0 Å². The lowest BCUT2D eigenvalue weighted by Crippen LogP contribution is -2.20. The molecular weight excluding hydrogens is 536 g/mol. The molecule has 0 unspecified atom stereocenters. The Morgan fingerprint density at radius 2 is 1.97 bits per heavy atom. The van der Waals surface area contributed by atoms with Gasteiger partial charge in [0, 0.05) is 30.2 Å². The number of aliphatic carboxylic acids is 1. The van der Waals surface area contributed by atoms with Crippen molar-refractivity contribution in [1.82, 2.24) is 20.0 Å². The minimum absolute atomic E-state index is 0.0135. The van der Waals surface area contributed by atoms with Crippen molar-refractivity contribution in [2.45, 2.75) is 39.1 Å². The third-order valence-corrected chi connectivity index (χ3v) is 5.89. The molecule has 0 bridgehead atoms. The van der Waals surface area contributed by atoms with Crippen molar-refractivity contribution in [2.75, 3.05) is 6.54 Å². The highest BCUT2D eigenvalue weighted by Crippen LogP contribution is 2.38. The number of nitrogens with one attached hydrogen (secondary N) is 1. The van der Waals surface area contributed by atoms with E-state index in [1.54, 1.807) is 18.2 Å². The van der Waals surface area contributed by atoms with Gasteiger partial charge in [-0.25, -0.2) is 0 Å². The fourth-order valence-corrected chi connectivity index (χ4v) is 4.16. The van der Waals surface area contributed by atoms with E-state index >= 15 is 0 Å². The zero-order valence-corrected chi connectivity index (χ0v) is 21.1. The normalized spacial score (nSPS) is 12.0. The summed E-state index contributed by atoms with van der Waals surface area (Å²) in [6.07, 6.45) is -3.57. The number of carboxylic acids is 1. The zero-order valence-electron chi connectivity index (χ0n) is 19.6. The van der Waals surface area contributed by atoms with Gasteiger partial charge in [0.1, 0.15) is 5.75 Å². The predicted molar refractivity (Wildman–Crippen MR) is 131 cm³/mol. The van der Waals surface area contributed by atoms with Crippen molar-refractivity contribution in [1.29, 1.82) is 0 Å². The molecule has 0 saturated heterocycles. The molecule has 2 aromatic carbocycles. The van der Waals surface area contributed by atoms with Gasteiger partial charge in [-0.1, -0.05) is 23.2 Å². The Morgan fingerprint density at radius 1 is 1.22 bits per heavy atom. The van der Waals surface area contributed by atoms with Crippen molar-refractivity contribution >= 4 is 40.1 Å². The Labute approximate surface area is 218 Å². The molecule has 0 saturated carbocycles. The highest BCUT2D eigenvalue weighted by atomic mass is 35.5. The van der Waals surface area contributed by atoms with Gasteiger partial charge in [-0.15, -0.1) is 0 Å². The average Bonchev–Trinajstić information content (AvgIpc) is 3.41. The van der Waals surface area contributed by atoms with E-state index in [0.717, 1.165) is 6.07 Å². The Hall–Kier alpha value is -3.28. The van der Waals surface area contributed by atoms with Gasteiger partial charge in [0.25, 0.3) is 11.8 Å². The third-order valence-electron chi connectivity index (χ3n) is 5.29. The molecule has 0 fully saturated rings. The van der Waals surface area contributed by atoms with Crippen molar-refractivity contribution in [3.05, 3.63) is 57.7 Å². The first-order valence-corrected chi connectivity index (χ1v) is 11.8. The number of nitrogens with zero attached hydrogens (tertiary/aromatic N) is 3. The maximum atomic E-state index is 13.9. The summed E-state index contributed by atoms with van der Waals surface area (Å²) in [5.41, 5.74) is -0.349. The van der Waals surface area contributed by atoms with E-state index in [1.807, 2.05) is 13.8 Å². The molecule has 0 aliphatic heterocycles. The molecule has 0 amide bonds. The molecule has 2 heterocycles. The average molecular weight is 557 g/mol. The molecule has 0 radical (unpaired) electrons. The molecule has 4 rings (SSSR count). The number of aromatic nitrogens is 3. The van der Waals surface area contributed by atoms with Crippen LogP contribution in [0.15, 0.2) is 41.1 Å². The molecule has 2 N–H and O–H groups in total. The van der Waals surface area contributed by atoms with Gasteiger partial charge in [-0.05, 0) is 54.9 Å². The van der Waals surface area contributed by atoms with Crippen molar-refractivity contribution in [3.8, 4) is 23.2 Å². The van der Waals surface area contributed by atoms with Crippen molar-refractivity contribution < 1.29 is 32.3 Å². The summed E-state index contributed by atoms with van der Waals surface area (Å²) in [7, 11) is 0. The number of fused-ring (bicyclic) bond motifs is 1. The van der Waals surface area contributed by atoms with Crippen LogP contribution in [0.1, 0.15) is 31.4 Å². The van der Waals surface area contributed by atoms with Crippen LogP contribution in [0.4, 0.5) is 13.2 Å². The molecule has 4 aromatic rings. The number of rotatable bonds is 9. The van der Waals surface area contributed by atoms with E-state index in [-0.39, 0.29) is 53.6 Å². The Morgan fingerprint density at radius 3 is 2.62 bits per heavy atom. The highest BCUT2D eigenvalue weighted by molar-refractivity contribution is 6.35. The monoisotopic (exact) mass is 556 g/mol. The number of ether oxygens (including phenoxy) is 1. The molecule has 196 valence electrons. The van der Waals surface area contributed by atoms with E-state index in [1.165, 1.54) is 16.8 Å². The fourth-order valence-electron chi connectivity index (χ4n) is 3.68. The number of carboxylic acid groups (broad SMARTS) is 1. The van der Waals surface area contributed by atoms with E-state index in [9.17, 15) is 18.0 Å². The molecule has 37 heavy (non-hydrogen) atoms. The Balaban J connectivity index is 1.70. The second kappa shape index (κ2) is 10.6. The number of hydrogen-bond acceptors (Lipinski definition) is 6. The lowest BCUT2D eigenvalue weighted by Gasteiger charge is -2.14. The van der Waals surface area contributed by atoms with Gasteiger partial charge in [0.2, 0.25) is 0 Å². The van der Waals surface area contributed by atoms with Crippen LogP contribution in [0.25, 0.3) is 28.3 Å². The summed E-state index contributed by atoms with van der Waals surface area (Å²) in [5, 5.41) is 16.2. The second-order valence-electron chi connectivity index (χ2n) is 8.40. The van der Waals surface area contributed by atoms with E-state index in [4.69, 9.17) is 37.6 Å². The predicted octanol–water partition coefficient (Wildman–Crippen LogP) is 6.36. The van der Waals surface area contributed by atoms with Gasteiger partial charge in [-0.3, -0.25) is 9.36 Å². The Kier molecular flexibility index (Phi) is 7.67. The fraction of sp³-hybridized carbons (Fsp3) is 0.292. The summed E-state index contributed by atoms with van der Waals surface area (Å²) in [4.78, 5) is 15.0. The van der Waals surface area contributed by atoms with Crippen LogP contribution in [0.5, 0.6) is 5.75 Å². The van der Waals surface area contributed by atoms with Crippen LogP contribution in [0.2, 0.25) is 10.0 Å². The summed E-state index contributed by atoms with van der Waals surface area (Å²) < 4.78 is 53.9. The molecule has 0 atom stereocenters. The third kappa shape index (κ3) is 6.00. The van der Waals surface area contributed by atoms with Gasteiger partial charge in [-0.2, -0.15) is 18.2 Å². The number of carbonyl (C=O) groups is 1. The molecule has 0 aliphatic carbocycles. The first kappa shape index (κ1) is 26.8. The molecule has 2 aromatic heterocycles. The number of halogens is 5. The minimum Gasteiger partial charge on any atom is -0.489 e. The Bertz CT molecular complexity index is 1450. The maximum absolute atomic E-state index is 13.9. The molecule has 0 spiro atoms. The SMILES string of the molecule is CC(C)Oc1ccc(-c2nc(-n3cc(Cl)c4cc(CNCCC(=O)O)c(C(F)(F)F)cc43)no2)cc1Cl. The van der Waals surface area contributed by atoms with E-state index in [2.05, 4.69) is 15.5 Å². The lowest BCUT2D eigenvalue weighted by molar-refractivity contribution is -0.138. The second-order valence-corrected chi connectivity index (χ2v) is 9.22. The van der Waals surface area contributed by atoms with Gasteiger partial charge < -0.3 is 19.7 Å². The first-order chi connectivity index (χ1) is 17.4. The van der Waals surface area contributed by atoms with Gasteiger partial charge in [0.15, 0.2) is 0 Å². The van der Waals surface area contributed by atoms with Crippen molar-refractivity contribution in [2.24, 2.45) is 0 Å². The van der Waals surface area contributed by atoms with Crippen LogP contribution in [0.3, 0.4) is 0 Å². The van der Waals surface area contributed by atoms with E-state index < -0.39 is 17.7 Å². The van der Waals surface area contributed by atoms with Crippen LogP contribution in [0, 0.1) is 0 Å².